The van der Waals surface area contributed by atoms with Crippen molar-refractivity contribution in [3.8, 4) is 0 Å². The molecule has 1 aliphatic rings. The highest BCUT2D eigenvalue weighted by atomic mass is 16.7. The lowest BCUT2D eigenvalue weighted by Crippen LogP contribution is -2.61. The molecule has 90 heavy (non-hydrogen) atoms. The molecular weight excluding hydrogens is 1120 g/mol. The Morgan fingerprint density at radius 3 is 1.22 bits per heavy atom. The second-order valence-corrected chi connectivity index (χ2v) is 24.9. The number of nitrogens with one attached hydrogen (secondary N) is 1. The Morgan fingerprint density at radius 2 is 0.800 bits per heavy atom. The number of hydrogen-bond donors (Lipinski definition) is 6. The van der Waals surface area contributed by atoms with E-state index in [4.69, 9.17) is 14.2 Å². The van der Waals surface area contributed by atoms with Gasteiger partial charge in [-0.15, -0.1) is 0 Å². The number of amides is 1. The molecule has 0 aliphatic carbocycles. The first-order valence-corrected chi connectivity index (χ1v) is 36.8. The minimum atomic E-state index is -1.63. The van der Waals surface area contributed by atoms with Crippen molar-refractivity contribution in [2.24, 2.45) is 0 Å². The monoisotopic (exact) mass is 1260 g/mol. The van der Waals surface area contributed by atoms with E-state index in [2.05, 4.69) is 135 Å². The number of aliphatic hydroxyl groups is 5. The Kier molecular flexibility index (Phi) is 60.8. The number of esters is 1. The molecule has 0 aromatic rings. The average Bonchev–Trinajstić information content (AvgIpc) is 3.11. The third-order valence-corrected chi connectivity index (χ3v) is 16.6. The van der Waals surface area contributed by atoms with Gasteiger partial charge in [0.25, 0.3) is 0 Å². The number of allylic oxidation sites excluding steroid dienone is 19. The summed E-state index contributed by atoms with van der Waals surface area (Å²) < 4.78 is 17.7. The molecule has 0 aromatic heterocycles. The van der Waals surface area contributed by atoms with Crippen LogP contribution in [0.15, 0.2) is 122 Å². The summed E-state index contributed by atoms with van der Waals surface area (Å²) in [7, 11) is 0. The third-order valence-electron chi connectivity index (χ3n) is 16.6. The zero-order valence-electron chi connectivity index (χ0n) is 57.5. The van der Waals surface area contributed by atoms with Gasteiger partial charge in [-0.3, -0.25) is 9.59 Å². The number of ether oxygens (including phenoxy) is 3. The molecule has 11 heteroatoms. The summed E-state index contributed by atoms with van der Waals surface area (Å²) in [6, 6.07) is -1.04. The van der Waals surface area contributed by atoms with Crippen molar-refractivity contribution in [2.45, 2.75) is 352 Å². The van der Waals surface area contributed by atoms with E-state index in [0.29, 0.717) is 12.8 Å². The fraction of sp³-hybridized carbons (Fsp3) is 0.722. The Hall–Kier alpha value is -3.94. The van der Waals surface area contributed by atoms with E-state index in [9.17, 15) is 35.1 Å². The summed E-state index contributed by atoms with van der Waals surface area (Å²) in [5.74, 6) is -1.22. The molecule has 1 amide bonds. The summed E-state index contributed by atoms with van der Waals surface area (Å²) in [6.07, 6.45) is 80.9. The highest BCUT2D eigenvalue weighted by molar-refractivity contribution is 5.80. The van der Waals surface area contributed by atoms with Crippen molar-refractivity contribution < 1.29 is 49.3 Å². The van der Waals surface area contributed by atoms with Crippen molar-refractivity contribution in [1.29, 1.82) is 0 Å². The van der Waals surface area contributed by atoms with Crippen LogP contribution in [0, 0.1) is 0 Å². The van der Waals surface area contributed by atoms with Crippen LogP contribution in [0.4, 0.5) is 0 Å². The van der Waals surface area contributed by atoms with Gasteiger partial charge in [-0.1, -0.05) is 303 Å². The van der Waals surface area contributed by atoms with Gasteiger partial charge in [-0.2, -0.15) is 0 Å². The van der Waals surface area contributed by atoms with Gasteiger partial charge < -0.3 is 45.1 Å². The van der Waals surface area contributed by atoms with Gasteiger partial charge in [0.15, 0.2) is 12.4 Å². The van der Waals surface area contributed by atoms with Crippen molar-refractivity contribution in [3.63, 3.8) is 0 Å². The van der Waals surface area contributed by atoms with Crippen LogP contribution in [0.3, 0.4) is 0 Å². The predicted molar refractivity (Wildman–Crippen MR) is 379 cm³/mol. The second-order valence-electron chi connectivity index (χ2n) is 24.9. The van der Waals surface area contributed by atoms with E-state index < -0.39 is 67.4 Å². The van der Waals surface area contributed by atoms with Crippen LogP contribution >= 0.6 is 0 Å². The first-order valence-electron chi connectivity index (χ1n) is 36.8. The zero-order valence-corrected chi connectivity index (χ0v) is 57.5. The molecule has 0 aromatic carbocycles. The van der Waals surface area contributed by atoms with E-state index in [1.165, 1.54) is 141 Å². The number of carbonyl (C=O) groups is 2. The van der Waals surface area contributed by atoms with Gasteiger partial charge in [0.1, 0.15) is 24.4 Å². The van der Waals surface area contributed by atoms with Gasteiger partial charge in [0, 0.05) is 6.42 Å². The zero-order chi connectivity index (χ0) is 65.3. The molecule has 0 bridgehead atoms. The van der Waals surface area contributed by atoms with Crippen LogP contribution in [0.1, 0.15) is 303 Å². The van der Waals surface area contributed by atoms with E-state index in [-0.39, 0.29) is 19.4 Å². The Balaban J connectivity index is 2.57. The number of carbonyl (C=O) groups excluding carboxylic acids is 2. The summed E-state index contributed by atoms with van der Waals surface area (Å²) >= 11 is 0. The molecule has 1 aliphatic heterocycles. The number of hydrogen-bond acceptors (Lipinski definition) is 10. The molecule has 1 saturated heterocycles. The van der Waals surface area contributed by atoms with Crippen LogP contribution in [0.2, 0.25) is 0 Å². The van der Waals surface area contributed by atoms with Crippen LogP contribution in [0.5, 0.6) is 0 Å². The molecule has 0 saturated carbocycles. The molecule has 11 nitrogen and oxygen atoms in total. The van der Waals surface area contributed by atoms with Crippen molar-refractivity contribution >= 4 is 11.9 Å². The number of aliphatic hydroxyl groups excluding tert-OH is 5. The topological polar surface area (TPSA) is 175 Å². The summed E-state index contributed by atoms with van der Waals surface area (Å²) in [6.45, 7) is 5.66. The molecule has 1 rings (SSSR count). The van der Waals surface area contributed by atoms with Gasteiger partial charge in [-0.25, -0.2) is 0 Å². The summed E-state index contributed by atoms with van der Waals surface area (Å²) in [5, 5.41) is 57.3. The number of rotatable bonds is 62. The maximum absolute atomic E-state index is 13.5. The molecule has 516 valence electrons. The lowest BCUT2D eigenvalue weighted by molar-refractivity contribution is -0.305. The first kappa shape index (κ1) is 84.1. The van der Waals surface area contributed by atoms with E-state index in [1.54, 1.807) is 6.08 Å². The first-order chi connectivity index (χ1) is 44.2. The van der Waals surface area contributed by atoms with Gasteiger partial charge in [-0.05, 0) is 116 Å². The van der Waals surface area contributed by atoms with Gasteiger partial charge in [0.05, 0.1) is 25.4 Å². The largest absolute Gasteiger partial charge is 0.454 e. The Bertz CT molecular complexity index is 1930. The molecule has 8 atom stereocenters. The number of unbranched alkanes of at least 4 members (excludes halogenated alkanes) is 30. The average molecular weight is 1260 g/mol. The Labute approximate surface area is 550 Å². The van der Waals surface area contributed by atoms with E-state index in [1.807, 2.05) is 6.08 Å². The second kappa shape index (κ2) is 65.1. The lowest BCUT2D eigenvalue weighted by Gasteiger charge is -2.41. The minimum absolute atomic E-state index is 0.0881. The van der Waals surface area contributed by atoms with Gasteiger partial charge in [0.2, 0.25) is 5.91 Å². The molecule has 8 unspecified atom stereocenters. The maximum atomic E-state index is 13.5. The fourth-order valence-corrected chi connectivity index (χ4v) is 10.8. The molecule has 1 heterocycles. The fourth-order valence-electron chi connectivity index (χ4n) is 10.8. The maximum Gasteiger partial charge on any atom is 0.306 e. The van der Waals surface area contributed by atoms with Crippen molar-refractivity contribution in [1.82, 2.24) is 5.32 Å². The smallest absolute Gasteiger partial charge is 0.306 e. The van der Waals surface area contributed by atoms with Crippen LogP contribution in [-0.2, 0) is 23.8 Å². The lowest BCUT2D eigenvalue weighted by atomic mass is 9.99. The highest BCUT2D eigenvalue weighted by Gasteiger charge is 2.47. The molecular formula is C79H135NO10. The SMILES string of the molecule is CC/C=C\C/C=C\C/C=C\C/C=C\C/C=C\C/C=C\CCCCCCC(=O)OC1C(OCC(NC(=O)C(O)CCCCCCCCCCCCCCC/C=C\C/C=C\C/C=C\CCCCC)C(O)/C=C/CCCCCCCCCCCC)OC(CO)C(O)C1O. The standard InChI is InChI=1S/C79H135NO10/c1-4-7-10-13-16-19-22-25-27-29-31-33-35-36-37-39-40-42-44-46-48-51-54-57-60-63-66-72(83)78(87)80-70(71(82)65-62-59-56-53-50-24-21-18-15-12-9-6-3)69-88-79-77(76(86)75(85)73(68-81)89-79)90-74(84)67-64-61-58-55-52-49-47-45-43-41-38-34-32-30-28-26-23-20-17-14-11-8-5-2/h8,11,16-17,19-20,25-28,31-34,41,43,47,49,62,65,70-73,75-77,79,81-83,85-86H,4-7,9-10,12-15,18,21-24,29-30,35-40,42,44-46,48,50-61,63-64,66-69H2,1-3H3,(H,80,87)/b11-8-,19-16-,20-17-,27-25-,28-26-,33-31-,34-32-,43-41-,49-47-,65-62+. The Morgan fingerprint density at radius 1 is 0.444 bits per heavy atom. The quantitative estimate of drug-likeness (QED) is 0.0195. The minimum Gasteiger partial charge on any atom is -0.454 e. The van der Waals surface area contributed by atoms with E-state index >= 15 is 0 Å². The van der Waals surface area contributed by atoms with Gasteiger partial charge >= 0.3 is 5.97 Å². The van der Waals surface area contributed by atoms with Crippen LogP contribution in [-0.4, -0.2) is 99.6 Å². The molecule has 0 radical (unpaired) electrons. The molecule has 6 N–H and O–H groups in total. The third kappa shape index (κ3) is 51.6. The van der Waals surface area contributed by atoms with Crippen LogP contribution in [0.25, 0.3) is 0 Å². The van der Waals surface area contributed by atoms with Crippen molar-refractivity contribution in [2.75, 3.05) is 13.2 Å². The summed E-state index contributed by atoms with van der Waals surface area (Å²) in [4.78, 5) is 26.7. The van der Waals surface area contributed by atoms with Crippen molar-refractivity contribution in [3.05, 3.63) is 122 Å². The van der Waals surface area contributed by atoms with Crippen LogP contribution < -0.4 is 5.32 Å². The molecule has 1 fully saturated rings. The summed E-state index contributed by atoms with van der Waals surface area (Å²) in [5.41, 5.74) is 0. The normalized spacial score (nSPS) is 18.8. The highest BCUT2D eigenvalue weighted by Crippen LogP contribution is 2.26. The van der Waals surface area contributed by atoms with E-state index in [0.717, 1.165) is 116 Å². The molecule has 0 spiro atoms. The predicted octanol–water partition coefficient (Wildman–Crippen LogP) is 19.3.